The Balaban J connectivity index is 1.70. The fourth-order valence-electron chi connectivity index (χ4n) is 4.18. The van der Waals surface area contributed by atoms with Gasteiger partial charge in [0.1, 0.15) is 11.5 Å². The smallest absolute Gasteiger partial charge is 0.301 e. The fourth-order valence-corrected chi connectivity index (χ4v) is 5.03. The van der Waals surface area contributed by atoms with Gasteiger partial charge < -0.3 is 14.6 Å². The molecule has 2 aromatic carbocycles. The number of hydrogen-bond acceptors (Lipinski definition) is 5. The Kier molecular flexibility index (Phi) is 5.46. The van der Waals surface area contributed by atoms with E-state index in [1.807, 2.05) is 53.1 Å². The molecule has 166 valence electrons. The predicted molar refractivity (Wildman–Crippen MR) is 122 cm³/mol. The highest BCUT2D eigenvalue weighted by Gasteiger charge is 2.27. The molecule has 0 unspecified atom stereocenters. The molecule has 3 aromatic rings. The lowest BCUT2D eigenvalue weighted by Gasteiger charge is -2.24. The van der Waals surface area contributed by atoms with E-state index in [1.54, 1.807) is 0 Å². The van der Waals surface area contributed by atoms with Crippen molar-refractivity contribution in [1.82, 2.24) is 19.3 Å². The summed E-state index contributed by atoms with van der Waals surface area (Å²) in [7, 11) is -3.97. The summed E-state index contributed by atoms with van der Waals surface area (Å²) < 4.78 is 37.7. The molecule has 3 heterocycles. The van der Waals surface area contributed by atoms with Gasteiger partial charge in [0, 0.05) is 36.0 Å². The van der Waals surface area contributed by atoms with Crippen LogP contribution in [0.4, 0.5) is 0 Å². The van der Waals surface area contributed by atoms with E-state index in [9.17, 15) is 13.2 Å². The molecular weight excluding hydrogens is 428 g/mol. The van der Waals surface area contributed by atoms with Gasteiger partial charge in [-0.15, -0.1) is 0 Å². The maximum Gasteiger partial charge on any atom is 0.301 e. The van der Waals surface area contributed by atoms with Crippen LogP contribution >= 0.6 is 0 Å². The minimum Gasteiger partial charge on any atom is -0.460 e. The third-order valence-electron chi connectivity index (χ3n) is 5.71. The van der Waals surface area contributed by atoms with Crippen LogP contribution in [0.3, 0.4) is 0 Å². The first-order chi connectivity index (χ1) is 15.5. The minimum atomic E-state index is -3.97. The summed E-state index contributed by atoms with van der Waals surface area (Å²) >= 11 is 0. The molecule has 9 heteroatoms. The lowest BCUT2D eigenvalue weighted by atomic mass is 10.1. The Hall–Kier alpha value is -3.14. The largest absolute Gasteiger partial charge is 0.460 e. The van der Waals surface area contributed by atoms with Crippen molar-refractivity contribution in [2.24, 2.45) is 0 Å². The van der Waals surface area contributed by atoms with E-state index in [1.165, 1.54) is 0 Å². The monoisotopic (exact) mass is 452 g/mol. The Bertz CT molecular complexity index is 1330. The van der Waals surface area contributed by atoms with Crippen molar-refractivity contribution in [2.75, 3.05) is 19.6 Å². The van der Waals surface area contributed by atoms with Crippen LogP contribution in [-0.2, 0) is 21.5 Å². The summed E-state index contributed by atoms with van der Waals surface area (Å²) in [4.78, 5) is 13.2. The Labute approximate surface area is 186 Å². The molecule has 1 amide bonds. The van der Waals surface area contributed by atoms with Crippen LogP contribution in [0.25, 0.3) is 22.2 Å². The standard InChI is InChI=1S/C23H24N4O4S/c28-23-18-15-27-19-8-3-1-6-16(19)14-20(27)17-7-2-4-9-21(17)31-22(18)10-13-24-11-5-12-25-32(29,30)26-23/h1-4,6-9,14,24-25H,5,10-13,15H2,(H,26,28)/b22-18+. The summed E-state index contributed by atoms with van der Waals surface area (Å²) in [6.45, 7) is 1.70. The molecule has 0 saturated heterocycles. The topological polar surface area (TPSA) is 101 Å². The molecule has 2 aliphatic rings. The second-order valence-corrected chi connectivity index (χ2v) is 9.36. The average Bonchev–Trinajstić information content (AvgIpc) is 3.12. The first kappa shape index (κ1) is 20.7. The SMILES string of the molecule is O=C1NS(=O)(=O)NCCCNCC/C2=C\1Cn1c(cc3ccccc31)-c1ccccc1O2. The van der Waals surface area contributed by atoms with Crippen molar-refractivity contribution in [3.8, 4) is 17.0 Å². The van der Waals surface area contributed by atoms with E-state index in [0.717, 1.165) is 22.2 Å². The Morgan fingerprint density at radius 3 is 2.69 bits per heavy atom. The van der Waals surface area contributed by atoms with Crippen molar-refractivity contribution in [3.63, 3.8) is 0 Å². The highest BCUT2D eigenvalue weighted by molar-refractivity contribution is 7.88. The first-order valence-electron chi connectivity index (χ1n) is 10.6. The molecule has 2 aliphatic heterocycles. The van der Waals surface area contributed by atoms with Gasteiger partial charge in [0.15, 0.2) is 0 Å². The molecule has 5 rings (SSSR count). The fraction of sp³-hybridized carbons (Fsp3) is 0.261. The van der Waals surface area contributed by atoms with E-state index in [2.05, 4.69) is 20.8 Å². The summed E-state index contributed by atoms with van der Waals surface area (Å²) in [6.07, 6.45) is 1.07. The number of fused-ring (bicyclic) bond motifs is 5. The maximum atomic E-state index is 13.2. The zero-order valence-corrected chi connectivity index (χ0v) is 18.2. The van der Waals surface area contributed by atoms with Gasteiger partial charge in [-0.05, 0) is 37.2 Å². The van der Waals surface area contributed by atoms with E-state index >= 15 is 0 Å². The van der Waals surface area contributed by atoms with Crippen LogP contribution in [0.1, 0.15) is 12.8 Å². The van der Waals surface area contributed by atoms with Crippen LogP contribution in [0.15, 0.2) is 65.9 Å². The summed E-state index contributed by atoms with van der Waals surface area (Å²) in [5.41, 5.74) is 3.08. The van der Waals surface area contributed by atoms with Crippen LogP contribution in [0.5, 0.6) is 5.75 Å². The van der Waals surface area contributed by atoms with Gasteiger partial charge >= 0.3 is 10.2 Å². The van der Waals surface area contributed by atoms with Gasteiger partial charge in [0.25, 0.3) is 5.91 Å². The van der Waals surface area contributed by atoms with Gasteiger partial charge in [0.05, 0.1) is 17.8 Å². The molecule has 3 N–H and O–H groups in total. The minimum absolute atomic E-state index is 0.188. The number of carbonyl (C=O) groups is 1. The molecule has 0 atom stereocenters. The van der Waals surface area contributed by atoms with Gasteiger partial charge in [-0.1, -0.05) is 30.3 Å². The van der Waals surface area contributed by atoms with Crippen molar-refractivity contribution < 1.29 is 17.9 Å². The number of benzene rings is 2. The maximum absolute atomic E-state index is 13.2. The summed E-state index contributed by atoms with van der Waals surface area (Å²) in [5, 5.41) is 4.33. The quantitative estimate of drug-likeness (QED) is 0.486. The van der Waals surface area contributed by atoms with Crippen LogP contribution in [-0.4, -0.2) is 38.5 Å². The molecular formula is C23H24N4O4S. The number of aromatic nitrogens is 1. The van der Waals surface area contributed by atoms with E-state index in [0.29, 0.717) is 37.4 Å². The molecule has 0 saturated carbocycles. The normalized spacial score (nSPS) is 21.4. The number of amides is 1. The number of nitrogens with zero attached hydrogens (tertiary/aromatic N) is 1. The van der Waals surface area contributed by atoms with Crippen LogP contribution in [0.2, 0.25) is 0 Å². The third kappa shape index (κ3) is 4.02. The average molecular weight is 453 g/mol. The van der Waals surface area contributed by atoms with E-state index in [4.69, 9.17) is 4.74 Å². The highest BCUT2D eigenvalue weighted by atomic mass is 32.2. The van der Waals surface area contributed by atoms with Crippen molar-refractivity contribution >= 4 is 27.0 Å². The third-order valence-corrected chi connectivity index (χ3v) is 6.75. The molecule has 0 fully saturated rings. The van der Waals surface area contributed by atoms with Crippen molar-refractivity contribution in [1.29, 1.82) is 0 Å². The zero-order chi connectivity index (χ0) is 22.1. The van der Waals surface area contributed by atoms with Gasteiger partial charge in [0.2, 0.25) is 0 Å². The van der Waals surface area contributed by atoms with Crippen molar-refractivity contribution in [2.45, 2.75) is 19.4 Å². The highest BCUT2D eigenvalue weighted by Crippen LogP contribution is 2.38. The van der Waals surface area contributed by atoms with Gasteiger partial charge in [-0.2, -0.15) is 13.1 Å². The van der Waals surface area contributed by atoms with E-state index in [-0.39, 0.29) is 18.7 Å². The van der Waals surface area contributed by atoms with Crippen LogP contribution in [0, 0.1) is 0 Å². The Morgan fingerprint density at radius 1 is 0.969 bits per heavy atom. The van der Waals surface area contributed by atoms with Gasteiger partial charge in [-0.25, -0.2) is 4.72 Å². The molecule has 8 nitrogen and oxygen atoms in total. The summed E-state index contributed by atoms with van der Waals surface area (Å²) in [6, 6.07) is 17.7. The molecule has 0 bridgehead atoms. The number of carbonyl (C=O) groups excluding carboxylic acids is 1. The van der Waals surface area contributed by atoms with Crippen LogP contribution < -0.4 is 19.5 Å². The number of ether oxygens (including phenoxy) is 1. The van der Waals surface area contributed by atoms with Crippen molar-refractivity contribution in [3.05, 3.63) is 65.9 Å². The second-order valence-electron chi connectivity index (χ2n) is 7.86. The second kappa shape index (κ2) is 8.42. The summed E-state index contributed by atoms with van der Waals surface area (Å²) in [5.74, 6) is 0.405. The molecule has 0 spiro atoms. The number of nitrogens with one attached hydrogen (secondary N) is 3. The molecule has 0 aliphatic carbocycles. The lowest BCUT2D eigenvalue weighted by molar-refractivity contribution is -0.116. The zero-order valence-electron chi connectivity index (χ0n) is 17.4. The first-order valence-corrected chi connectivity index (χ1v) is 12.1. The number of hydrogen-bond donors (Lipinski definition) is 3. The molecule has 1 aromatic heterocycles. The molecule has 0 radical (unpaired) electrons. The number of rotatable bonds is 0. The van der Waals surface area contributed by atoms with E-state index < -0.39 is 16.1 Å². The predicted octanol–water partition coefficient (Wildman–Crippen LogP) is 2.29. The lowest BCUT2D eigenvalue weighted by Crippen LogP contribution is -2.43. The Morgan fingerprint density at radius 2 is 1.78 bits per heavy atom. The van der Waals surface area contributed by atoms with Gasteiger partial charge in [-0.3, -0.25) is 4.79 Å². The number of para-hydroxylation sites is 2. The molecule has 32 heavy (non-hydrogen) atoms.